The van der Waals surface area contributed by atoms with E-state index in [1.807, 2.05) is 0 Å². The van der Waals surface area contributed by atoms with E-state index in [0.29, 0.717) is 15.6 Å². The van der Waals surface area contributed by atoms with E-state index in [1.165, 1.54) is 56.0 Å². The smallest absolute Gasteiger partial charge is 0.324 e. The van der Waals surface area contributed by atoms with Crippen LogP contribution in [0.1, 0.15) is 0 Å². The van der Waals surface area contributed by atoms with Crippen LogP contribution in [0.4, 0.5) is 10.8 Å². The molecule has 0 radical (unpaired) electrons. The molecule has 2 aromatic carbocycles. The van der Waals surface area contributed by atoms with Crippen molar-refractivity contribution in [2.45, 2.75) is 4.90 Å². The number of methoxy groups -OCH3 is 2. The second-order valence-electron chi connectivity index (χ2n) is 6.24. The first-order chi connectivity index (χ1) is 15.2. The fourth-order valence-corrected chi connectivity index (χ4v) is 5.21. The molecule has 168 valence electrons. The quantitative estimate of drug-likeness (QED) is 0.361. The maximum atomic E-state index is 13.3. The number of nitro groups is 1. The molecule has 0 amide bonds. The molecule has 0 aliphatic heterocycles. The molecule has 1 heterocycles. The number of carboxylic acid groups (broad SMARTS) is 1. The molecule has 3 rings (SSSR count). The van der Waals surface area contributed by atoms with Crippen molar-refractivity contribution in [1.29, 1.82) is 0 Å². The van der Waals surface area contributed by atoms with Gasteiger partial charge in [0.05, 0.1) is 29.7 Å². The summed E-state index contributed by atoms with van der Waals surface area (Å²) in [6.07, 6.45) is 0. The summed E-state index contributed by atoms with van der Waals surface area (Å²) in [7, 11) is -1.60. The van der Waals surface area contributed by atoms with Gasteiger partial charge in [-0.05, 0) is 12.1 Å². The highest BCUT2D eigenvalue weighted by Gasteiger charge is 2.30. The molecule has 0 atom stereocenters. The van der Waals surface area contributed by atoms with Gasteiger partial charge in [0.15, 0.2) is 11.5 Å². The number of thiazole rings is 1. The van der Waals surface area contributed by atoms with Crippen LogP contribution < -0.4 is 13.8 Å². The fourth-order valence-electron chi connectivity index (χ4n) is 2.77. The normalized spacial score (nSPS) is 11.1. The summed E-state index contributed by atoms with van der Waals surface area (Å²) in [6.45, 7) is -0.876. The number of non-ortho nitro benzene ring substituents is 1. The molecule has 1 N–H and O–H groups in total. The number of hydrogen-bond acceptors (Lipinski definition) is 9. The van der Waals surface area contributed by atoms with Crippen molar-refractivity contribution in [1.82, 2.24) is 4.98 Å². The Morgan fingerprint density at radius 3 is 2.53 bits per heavy atom. The van der Waals surface area contributed by atoms with E-state index in [-0.39, 0.29) is 27.2 Å². The minimum absolute atomic E-state index is 0.108. The van der Waals surface area contributed by atoms with Crippen LogP contribution in [0.2, 0.25) is 0 Å². The van der Waals surface area contributed by atoms with E-state index in [4.69, 9.17) is 9.47 Å². The van der Waals surface area contributed by atoms with Gasteiger partial charge in [0.1, 0.15) is 6.54 Å². The van der Waals surface area contributed by atoms with Gasteiger partial charge < -0.3 is 14.6 Å². The van der Waals surface area contributed by atoms with Gasteiger partial charge in [-0.1, -0.05) is 12.1 Å². The lowest BCUT2D eigenvalue weighted by Gasteiger charge is -2.20. The number of nitrogens with zero attached hydrogens (tertiary/aromatic N) is 3. The number of ether oxygens (including phenoxy) is 2. The minimum Gasteiger partial charge on any atom is -0.493 e. The van der Waals surface area contributed by atoms with Crippen LogP contribution in [0.25, 0.3) is 11.3 Å². The SMILES string of the molecule is COc1ccc(S(=O)(=O)N(CC(=O)O)c2nc(-c3cccc([N+](=O)[O-])c3)cs2)cc1OC. The topological polar surface area (TPSA) is 149 Å². The number of hydrogen-bond donors (Lipinski definition) is 1. The molecule has 11 nitrogen and oxygen atoms in total. The molecule has 0 unspecified atom stereocenters. The maximum absolute atomic E-state index is 13.3. The van der Waals surface area contributed by atoms with E-state index >= 15 is 0 Å². The predicted octanol–water partition coefficient (Wildman–Crippen LogP) is 3.02. The zero-order valence-electron chi connectivity index (χ0n) is 16.8. The van der Waals surface area contributed by atoms with Crippen molar-refractivity contribution >= 4 is 38.1 Å². The third-order valence-electron chi connectivity index (χ3n) is 4.28. The number of rotatable bonds is 9. The molecule has 0 bridgehead atoms. The highest BCUT2D eigenvalue weighted by atomic mass is 32.2. The standard InChI is InChI=1S/C19H17N3O8S2/c1-29-16-7-6-14(9-17(16)30-2)32(27,28)21(10-18(23)24)19-20-15(11-31-19)12-4-3-5-13(8-12)22(25)26/h3-9,11H,10H2,1-2H3,(H,23,24). The first-order valence-electron chi connectivity index (χ1n) is 8.84. The lowest BCUT2D eigenvalue weighted by molar-refractivity contribution is -0.384. The van der Waals surface area contributed by atoms with Gasteiger partial charge in [-0.2, -0.15) is 0 Å². The third-order valence-corrected chi connectivity index (χ3v) is 6.99. The van der Waals surface area contributed by atoms with Crippen LogP contribution in [0, 0.1) is 10.1 Å². The van der Waals surface area contributed by atoms with E-state index in [2.05, 4.69) is 4.98 Å². The largest absolute Gasteiger partial charge is 0.493 e. The Labute approximate surface area is 186 Å². The predicted molar refractivity (Wildman–Crippen MR) is 116 cm³/mol. The van der Waals surface area contributed by atoms with Crippen LogP contribution in [0.5, 0.6) is 11.5 Å². The fraction of sp³-hybridized carbons (Fsp3) is 0.158. The zero-order valence-corrected chi connectivity index (χ0v) is 18.4. The second-order valence-corrected chi connectivity index (χ2v) is 8.94. The molecule has 0 aliphatic rings. The number of aliphatic carboxylic acids is 1. The van der Waals surface area contributed by atoms with E-state index in [9.17, 15) is 28.4 Å². The summed E-state index contributed by atoms with van der Waals surface area (Å²) < 4.78 is 37.4. The molecule has 0 saturated heterocycles. The first kappa shape index (κ1) is 23.0. The highest BCUT2D eigenvalue weighted by molar-refractivity contribution is 7.93. The second kappa shape index (κ2) is 9.20. The van der Waals surface area contributed by atoms with Gasteiger partial charge in [0.2, 0.25) is 5.13 Å². The number of benzene rings is 2. The van der Waals surface area contributed by atoms with Crippen LogP contribution in [0.3, 0.4) is 0 Å². The van der Waals surface area contributed by atoms with Gasteiger partial charge in [0.25, 0.3) is 15.7 Å². The Morgan fingerprint density at radius 2 is 1.91 bits per heavy atom. The Balaban J connectivity index is 2.05. The summed E-state index contributed by atoms with van der Waals surface area (Å²) in [5.74, 6) is -0.931. The molecule has 0 saturated carbocycles. The van der Waals surface area contributed by atoms with Crippen molar-refractivity contribution < 1.29 is 32.7 Å². The molecule has 3 aromatic rings. The average molecular weight is 479 g/mol. The number of carboxylic acids is 1. The number of sulfonamides is 1. The summed E-state index contributed by atoms with van der Waals surface area (Å²) in [4.78, 5) is 25.9. The zero-order chi connectivity index (χ0) is 23.5. The molecular formula is C19H17N3O8S2. The van der Waals surface area contributed by atoms with Gasteiger partial charge in [-0.3, -0.25) is 14.9 Å². The van der Waals surface area contributed by atoms with Crippen LogP contribution >= 0.6 is 11.3 Å². The molecule has 32 heavy (non-hydrogen) atoms. The number of carbonyl (C=O) groups is 1. The monoisotopic (exact) mass is 479 g/mol. The summed E-state index contributed by atoms with van der Waals surface area (Å²) in [6, 6.07) is 9.54. The minimum atomic E-state index is -4.34. The first-order valence-corrected chi connectivity index (χ1v) is 11.2. The Hall–Kier alpha value is -3.71. The van der Waals surface area contributed by atoms with Crippen LogP contribution in [0.15, 0.2) is 52.7 Å². The Morgan fingerprint density at radius 1 is 1.19 bits per heavy atom. The van der Waals surface area contributed by atoms with Crippen molar-refractivity contribution in [2.75, 3.05) is 25.1 Å². The highest BCUT2D eigenvalue weighted by Crippen LogP contribution is 2.35. The molecule has 13 heteroatoms. The average Bonchev–Trinajstić information content (AvgIpc) is 3.26. The molecule has 0 fully saturated rings. The molecular weight excluding hydrogens is 462 g/mol. The summed E-state index contributed by atoms with van der Waals surface area (Å²) >= 11 is 0.894. The van der Waals surface area contributed by atoms with Gasteiger partial charge in [0, 0.05) is 29.1 Å². The molecule has 0 aliphatic carbocycles. The van der Waals surface area contributed by atoms with E-state index in [0.717, 1.165) is 11.3 Å². The van der Waals surface area contributed by atoms with E-state index in [1.54, 1.807) is 6.07 Å². The van der Waals surface area contributed by atoms with Crippen LogP contribution in [-0.4, -0.2) is 50.2 Å². The lowest BCUT2D eigenvalue weighted by atomic mass is 10.1. The van der Waals surface area contributed by atoms with Crippen molar-refractivity contribution in [3.63, 3.8) is 0 Å². The molecule has 1 aromatic heterocycles. The van der Waals surface area contributed by atoms with Gasteiger partial charge in [-0.15, -0.1) is 11.3 Å². The number of nitro benzene ring substituents is 1. The molecule has 0 spiro atoms. The maximum Gasteiger partial charge on any atom is 0.324 e. The van der Waals surface area contributed by atoms with Crippen LogP contribution in [-0.2, 0) is 14.8 Å². The number of anilines is 1. The van der Waals surface area contributed by atoms with E-state index < -0.39 is 27.5 Å². The summed E-state index contributed by atoms with van der Waals surface area (Å²) in [5.41, 5.74) is 0.504. The van der Waals surface area contributed by atoms with Gasteiger partial charge >= 0.3 is 5.97 Å². The number of aromatic nitrogens is 1. The van der Waals surface area contributed by atoms with Crippen molar-refractivity contribution in [3.8, 4) is 22.8 Å². The summed E-state index contributed by atoms with van der Waals surface area (Å²) in [5, 5.41) is 21.7. The lowest BCUT2D eigenvalue weighted by Crippen LogP contribution is -2.35. The Bertz CT molecular complexity index is 1270. The van der Waals surface area contributed by atoms with Crippen molar-refractivity contribution in [2.24, 2.45) is 0 Å². The third kappa shape index (κ3) is 4.63. The van der Waals surface area contributed by atoms with Gasteiger partial charge in [-0.25, -0.2) is 17.7 Å². The van der Waals surface area contributed by atoms with Crippen molar-refractivity contribution in [3.05, 3.63) is 58.0 Å². The Kier molecular flexibility index (Phi) is 6.60.